The molecule has 2 aliphatic rings. The molecule has 1 aliphatic carbocycles. The number of amides is 4. The topological polar surface area (TPSA) is 110 Å². The summed E-state index contributed by atoms with van der Waals surface area (Å²) in [7, 11) is 5.01. The number of carbonyl (C=O) groups is 3. The summed E-state index contributed by atoms with van der Waals surface area (Å²) in [5.74, 6) is -0.423. The summed E-state index contributed by atoms with van der Waals surface area (Å²) in [4.78, 5) is 58.9. The molecular weight excluding hydrogens is 496 g/mol. The van der Waals surface area contributed by atoms with Crippen molar-refractivity contribution in [2.75, 3.05) is 21.1 Å². The van der Waals surface area contributed by atoms with Crippen molar-refractivity contribution in [2.24, 2.45) is 0 Å². The third-order valence-electron chi connectivity index (χ3n) is 8.18. The van der Waals surface area contributed by atoms with E-state index in [1.807, 2.05) is 50.2 Å². The van der Waals surface area contributed by atoms with Crippen LogP contribution in [0.5, 0.6) is 0 Å². The third-order valence-corrected chi connectivity index (χ3v) is 8.18. The zero-order valence-corrected chi connectivity index (χ0v) is 22.7. The van der Waals surface area contributed by atoms with Gasteiger partial charge in [0.1, 0.15) is 12.1 Å². The molecule has 1 atom stereocenters. The lowest BCUT2D eigenvalue weighted by atomic mass is 9.95. The molecule has 1 fully saturated rings. The van der Waals surface area contributed by atoms with Gasteiger partial charge in [0.05, 0.1) is 28.8 Å². The Bertz CT molecular complexity index is 1800. The number of carbonyl (C=O) groups excluding carboxylic acids is 3. The molecule has 1 saturated heterocycles. The van der Waals surface area contributed by atoms with Crippen molar-refractivity contribution in [1.82, 2.24) is 29.2 Å². The highest BCUT2D eigenvalue weighted by molar-refractivity contribution is 6.08. The van der Waals surface area contributed by atoms with E-state index in [0.29, 0.717) is 18.5 Å². The molecule has 10 nitrogen and oxygen atoms in total. The Morgan fingerprint density at radius 3 is 2.41 bits per heavy atom. The Morgan fingerprint density at radius 2 is 1.74 bits per heavy atom. The molecule has 0 radical (unpaired) electrons. The maximum Gasteiger partial charge on any atom is 0.329 e. The molecule has 2 aromatic carbocycles. The predicted molar refractivity (Wildman–Crippen MR) is 147 cm³/mol. The minimum absolute atomic E-state index is 0.0389. The predicted octanol–water partition coefficient (Wildman–Crippen LogP) is 2.12. The Balaban J connectivity index is 1.40. The summed E-state index contributed by atoms with van der Waals surface area (Å²) < 4.78 is 3.22. The number of nitrogens with zero attached hydrogens (tertiary/aromatic N) is 5. The van der Waals surface area contributed by atoms with E-state index in [1.165, 1.54) is 9.80 Å². The van der Waals surface area contributed by atoms with Crippen LogP contribution in [-0.4, -0.2) is 68.4 Å². The molecule has 2 aromatic heterocycles. The molecule has 4 aromatic rings. The van der Waals surface area contributed by atoms with Crippen LogP contribution in [0.4, 0.5) is 4.79 Å². The van der Waals surface area contributed by atoms with Crippen LogP contribution >= 0.6 is 0 Å². The van der Waals surface area contributed by atoms with Gasteiger partial charge in [-0.05, 0) is 60.4 Å². The molecule has 0 bridgehead atoms. The molecule has 200 valence electrons. The molecular formula is C29H30N6O4. The fraction of sp³-hybridized carbons (Fsp3) is 0.345. The van der Waals surface area contributed by atoms with Gasteiger partial charge in [0.15, 0.2) is 0 Å². The molecule has 6 rings (SSSR count). The van der Waals surface area contributed by atoms with Crippen molar-refractivity contribution in [2.45, 2.75) is 45.3 Å². The number of hydrogen-bond donors (Lipinski definition) is 1. The van der Waals surface area contributed by atoms with Gasteiger partial charge in [-0.25, -0.2) is 9.59 Å². The van der Waals surface area contributed by atoms with E-state index in [0.717, 1.165) is 44.2 Å². The van der Waals surface area contributed by atoms with Crippen LogP contribution < -0.4 is 11.0 Å². The fourth-order valence-corrected chi connectivity index (χ4v) is 6.03. The van der Waals surface area contributed by atoms with E-state index in [2.05, 4.69) is 5.32 Å². The van der Waals surface area contributed by atoms with Gasteiger partial charge in [-0.15, -0.1) is 0 Å². The van der Waals surface area contributed by atoms with E-state index < -0.39 is 5.54 Å². The first-order chi connectivity index (χ1) is 18.5. The number of urea groups is 1. The highest BCUT2D eigenvalue weighted by atomic mass is 16.2. The Morgan fingerprint density at radius 1 is 1.03 bits per heavy atom. The number of pyridine rings is 1. The van der Waals surface area contributed by atoms with Crippen LogP contribution in [0.3, 0.4) is 0 Å². The van der Waals surface area contributed by atoms with Gasteiger partial charge in [0.2, 0.25) is 5.91 Å². The first-order valence-electron chi connectivity index (χ1n) is 12.9. The molecule has 4 amide bonds. The Labute approximate surface area is 224 Å². The number of likely N-dealkylation sites (N-methyl/N-ethyl adjacent to an activating group) is 2. The largest absolute Gasteiger partial charge is 0.347 e. The van der Waals surface area contributed by atoms with Crippen LogP contribution in [0.2, 0.25) is 0 Å². The van der Waals surface area contributed by atoms with Gasteiger partial charge in [-0.2, -0.15) is 0 Å². The highest BCUT2D eigenvalue weighted by Gasteiger charge is 2.54. The SMILES string of the molecule is Cc1cc(C)c2c(c1)n(Cc1ccc3cc4c(cc3n1)C[C@@]1(C4)C(=O)NC(=O)N1C)c(=O)n2CC(=O)N(C)C. The Kier molecular flexibility index (Phi) is 5.43. The summed E-state index contributed by atoms with van der Waals surface area (Å²) in [5.41, 5.74) is 5.82. The zero-order chi connectivity index (χ0) is 27.8. The summed E-state index contributed by atoms with van der Waals surface area (Å²) in [5, 5.41) is 3.36. The normalized spacial score (nSPS) is 18.4. The quantitative estimate of drug-likeness (QED) is 0.410. The molecule has 0 saturated carbocycles. The standard InChI is InChI=1S/C29H30N6O4/c1-16-8-17(2)25-23(9-16)34(28(39)35(25)15-24(36)32(3)4)14-21-7-6-18-10-19-12-29(13-20(19)11-22(18)30-21)26(37)31-27(38)33(29)5/h6-11H,12-15H2,1-5H3,(H,31,37,38)/t29-/m0/s1. The second kappa shape index (κ2) is 8.52. The van der Waals surface area contributed by atoms with E-state index in [4.69, 9.17) is 4.98 Å². The van der Waals surface area contributed by atoms with Gasteiger partial charge >= 0.3 is 11.7 Å². The van der Waals surface area contributed by atoms with E-state index in [9.17, 15) is 19.2 Å². The van der Waals surface area contributed by atoms with E-state index in [1.54, 1.807) is 30.3 Å². The second-order valence-electron chi connectivity index (χ2n) is 11.0. The van der Waals surface area contributed by atoms with Gasteiger partial charge in [0, 0.05) is 39.4 Å². The number of rotatable bonds is 4. The minimum atomic E-state index is -0.894. The number of nitrogens with one attached hydrogen (secondary N) is 1. The average molecular weight is 527 g/mol. The molecule has 0 unspecified atom stereocenters. The molecule has 1 spiro atoms. The molecule has 3 heterocycles. The maximum absolute atomic E-state index is 13.6. The second-order valence-corrected chi connectivity index (χ2v) is 11.0. The van der Waals surface area contributed by atoms with Crippen LogP contribution in [-0.2, 0) is 35.5 Å². The number of imidazole rings is 1. The minimum Gasteiger partial charge on any atom is -0.347 e. The van der Waals surface area contributed by atoms with Crippen molar-refractivity contribution < 1.29 is 14.4 Å². The van der Waals surface area contributed by atoms with Gasteiger partial charge in [0.25, 0.3) is 5.91 Å². The third kappa shape index (κ3) is 3.73. The summed E-state index contributed by atoms with van der Waals surface area (Å²) in [6.07, 6.45) is 0.900. The summed E-state index contributed by atoms with van der Waals surface area (Å²) in [6.45, 7) is 4.15. The smallest absolute Gasteiger partial charge is 0.329 e. The van der Waals surface area contributed by atoms with Gasteiger partial charge in [-0.3, -0.25) is 29.0 Å². The first kappa shape index (κ1) is 24.8. The van der Waals surface area contributed by atoms with Crippen molar-refractivity contribution in [3.8, 4) is 0 Å². The van der Waals surface area contributed by atoms with Crippen molar-refractivity contribution in [3.63, 3.8) is 0 Å². The molecule has 1 N–H and O–H groups in total. The Hall–Kier alpha value is -4.47. The molecule has 10 heteroatoms. The highest BCUT2D eigenvalue weighted by Crippen LogP contribution is 2.38. The lowest BCUT2D eigenvalue weighted by Gasteiger charge is -2.27. The summed E-state index contributed by atoms with van der Waals surface area (Å²) in [6, 6.07) is 11.5. The number of fused-ring (bicyclic) bond motifs is 3. The first-order valence-corrected chi connectivity index (χ1v) is 12.9. The number of aromatic nitrogens is 3. The van der Waals surface area contributed by atoms with Crippen molar-refractivity contribution in [3.05, 3.63) is 74.8 Å². The maximum atomic E-state index is 13.6. The number of hydrogen-bond acceptors (Lipinski definition) is 5. The van der Waals surface area contributed by atoms with Crippen LogP contribution in [0.15, 0.2) is 41.2 Å². The van der Waals surface area contributed by atoms with Crippen LogP contribution in [0.25, 0.3) is 21.9 Å². The van der Waals surface area contributed by atoms with Crippen molar-refractivity contribution in [1.29, 1.82) is 0 Å². The molecule has 1 aliphatic heterocycles. The molecule has 39 heavy (non-hydrogen) atoms. The van der Waals surface area contributed by atoms with E-state index >= 15 is 0 Å². The van der Waals surface area contributed by atoms with Crippen LogP contribution in [0.1, 0.15) is 27.9 Å². The number of benzene rings is 2. The van der Waals surface area contributed by atoms with Crippen LogP contribution in [0, 0.1) is 13.8 Å². The number of imide groups is 1. The van der Waals surface area contributed by atoms with Gasteiger partial charge in [-0.1, -0.05) is 12.1 Å². The number of aryl methyl sites for hydroxylation is 2. The van der Waals surface area contributed by atoms with E-state index in [-0.39, 0.29) is 36.6 Å². The average Bonchev–Trinajstić information content (AvgIpc) is 3.44. The van der Waals surface area contributed by atoms with Crippen molar-refractivity contribution >= 4 is 39.8 Å². The lowest BCUT2D eigenvalue weighted by Crippen LogP contribution is -2.48. The van der Waals surface area contributed by atoms with Gasteiger partial charge < -0.3 is 9.80 Å². The zero-order valence-electron chi connectivity index (χ0n) is 22.7. The summed E-state index contributed by atoms with van der Waals surface area (Å²) >= 11 is 0. The lowest BCUT2D eigenvalue weighted by molar-refractivity contribution is -0.129. The fourth-order valence-electron chi connectivity index (χ4n) is 6.03. The monoisotopic (exact) mass is 526 g/mol.